The van der Waals surface area contributed by atoms with E-state index >= 15 is 0 Å². The highest BCUT2D eigenvalue weighted by atomic mass is 16.5. The highest BCUT2D eigenvalue weighted by Crippen LogP contribution is 2.28. The Morgan fingerprint density at radius 3 is 2.83 bits per heavy atom. The molecular weight excluding hydrogens is 294 g/mol. The van der Waals surface area contributed by atoms with E-state index in [0.717, 1.165) is 12.0 Å². The predicted molar refractivity (Wildman–Crippen MR) is 88.4 cm³/mol. The smallest absolute Gasteiger partial charge is 0.269 e. The Morgan fingerprint density at radius 1 is 1.43 bits per heavy atom. The first-order chi connectivity index (χ1) is 11.1. The van der Waals surface area contributed by atoms with Gasteiger partial charge in [0, 0.05) is 5.56 Å². The molecule has 1 amide bonds. The molecule has 2 rings (SSSR count). The van der Waals surface area contributed by atoms with Crippen LogP contribution in [0, 0.1) is 5.92 Å². The van der Waals surface area contributed by atoms with Gasteiger partial charge in [-0.1, -0.05) is 32.4 Å². The molecule has 0 radical (unpaired) electrons. The van der Waals surface area contributed by atoms with Crippen LogP contribution in [0.3, 0.4) is 0 Å². The molecule has 124 valence electrons. The second-order valence-corrected chi connectivity index (χ2v) is 5.52. The van der Waals surface area contributed by atoms with Crippen LogP contribution in [0.4, 0.5) is 0 Å². The molecule has 0 aliphatic carbocycles. The summed E-state index contributed by atoms with van der Waals surface area (Å²) in [4.78, 5) is 12.3. The fourth-order valence-electron chi connectivity index (χ4n) is 2.33. The van der Waals surface area contributed by atoms with Crippen molar-refractivity contribution in [2.75, 3.05) is 13.7 Å². The Morgan fingerprint density at radius 2 is 2.17 bits per heavy atom. The third-order valence-corrected chi connectivity index (χ3v) is 4.05. The Hall–Kier alpha value is -2.34. The summed E-state index contributed by atoms with van der Waals surface area (Å²) in [7, 11) is 1.59. The minimum absolute atomic E-state index is 0.0890. The molecule has 0 aliphatic heterocycles. The zero-order valence-corrected chi connectivity index (χ0v) is 13.7. The summed E-state index contributed by atoms with van der Waals surface area (Å²) < 4.78 is 5.31. The van der Waals surface area contributed by atoms with Crippen molar-refractivity contribution in [3.05, 3.63) is 36.0 Å². The second-order valence-electron chi connectivity index (χ2n) is 5.52. The van der Waals surface area contributed by atoms with Crippen LogP contribution >= 0.6 is 0 Å². The first-order valence-electron chi connectivity index (χ1n) is 7.71. The van der Waals surface area contributed by atoms with Crippen molar-refractivity contribution >= 4 is 5.91 Å². The normalized spacial score (nSPS) is 13.4. The number of nitrogens with one attached hydrogen (secondary N) is 2. The van der Waals surface area contributed by atoms with E-state index in [4.69, 9.17) is 4.74 Å². The first kappa shape index (κ1) is 17.0. The van der Waals surface area contributed by atoms with Gasteiger partial charge in [0.05, 0.1) is 25.5 Å². The van der Waals surface area contributed by atoms with Gasteiger partial charge in [-0.15, -0.1) is 0 Å². The zero-order valence-electron chi connectivity index (χ0n) is 13.7. The van der Waals surface area contributed by atoms with Crippen molar-refractivity contribution in [3.8, 4) is 17.0 Å². The van der Waals surface area contributed by atoms with Gasteiger partial charge in [0.15, 0.2) is 0 Å². The fraction of sp³-hybridized carbons (Fsp3) is 0.412. The number of hydrogen-bond donors (Lipinski definition) is 3. The first-order valence-corrected chi connectivity index (χ1v) is 7.71. The molecule has 6 nitrogen and oxygen atoms in total. The molecule has 0 unspecified atom stereocenters. The van der Waals surface area contributed by atoms with E-state index in [1.165, 1.54) is 0 Å². The Bertz CT molecular complexity index is 654. The van der Waals surface area contributed by atoms with Crippen molar-refractivity contribution in [3.63, 3.8) is 0 Å². The van der Waals surface area contributed by atoms with Crippen molar-refractivity contribution < 1.29 is 14.6 Å². The lowest BCUT2D eigenvalue weighted by atomic mass is 10.00. The molecule has 0 saturated heterocycles. The van der Waals surface area contributed by atoms with Gasteiger partial charge in [-0.3, -0.25) is 9.89 Å². The summed E-state index contributed by atoms with van der Waals surface area (Å²) in [6.07, 6.45) is 0.876. The number of methoxy groups -OCH3 is 1. The number of aromatic nitrogens is 2. The van der Waals surface area contributed by atoms with E-state index in [9.17, 15) is 9.90 Å². The zero-order chi connectivity index (χ0) is 16.8. The molecule has 0 spiro atoms. The molecule has 0 saturated carbocycles. The number of aliphatic hydroxyl groups excluding tert-OH is 1. The number of benzene rings is 1. The highest BCUT2D eigenvalue weighted by Gasteiger charge is 2.20. The molecule has 1 aromatic carbocycles. The highest BCUT2D eigenvalue weighted by molar-refractivity contribution is 5.93. The maximum atomic E-state index is 12.3. The molecule has 6 heteroatoms. The van der Waals surface area contributed by atoms with Gasteiger partial charge in [0.25, 0.3) is 5.91 Å². The summed E-state index contributed by atoms with van der Waals surface area (Å²) in [6.45, 7) is 3.93. The summed E-state index contributed by atoms with van der Waals surface area (Å²) in [5.74, 6) is 0.609. The largest absolute Gasteiger partial charge is 0.496 e. The summed E-state index contributed by atoms with van der Waals surface area (Å²) >= 11 is 0. The van der Waals surface area contributed by atoms with E-state index in [0.29, 0.717) is 17.1 Å². The van der Waals surface area contributed by atoms with Crippen LogP contribution in [0.25, 0.3) is 11.3 Å². The van der Waals surface area contributed by atoms with Gasteiger partial charge in [0.2, 0.25) is 0 Å². The monoisotopic (exact) mass is 317 g/mol. The third kappa shape index (κ3) is 3.90. The number of para-hydroxylation sites is 1. The molecule has 2 atom stereocenters. The summed E-state index contributed by atoms with van der Waals surface area (Å²) in [6, 6.07) is 8.89. The lowest BCUT2D eigenvalue weighted by Crippen LogP contribution is -2.42. The van der Waals surface area contributed by atoms with Gasteiger partial charge < -0.3 is 15.2 Å². The maximum absolute atomic E-state index is 12.3. The lowest BCUT2D eigenvalue weighted by molar-refractivity contribution is 0.0886. The van der Waals surface area contributed by atoms with Gasteiger partial charge >= 0.3 is 0 Å². The number of ether oxygens (including phenoxy) is 1. The van der Waals surface area contributed by atoms with Gasteiger partial charge in [-0.2, -0.15) is 5.10 Å². The molecule has 2 aromatic rings. The van der Waals surface area contributed by atoms with Gasteiger partial charge in [-0.05, 0) is 24.1 Å². The van der Waals surface area contributed by atoms with E-state index < -0.39 is 0 Å². The van der Waals surface area contributed by atoms with E-state index in [1.54, 1.807) is 13.2 Å². The molecular formula is C17H23N3O3. The minimum Gasteiger partial charge on any atom is -0.496 e. The number of amides is 1. The van der Waals surface area contributed by atoms with Crippen LogP contribution in [0.2, 0.25) is 0 Å². The quantitative estimate of drug-likeness (QED) is 0.731. The molecule has 3 N–H and O–H groups in total. The van der Waals surface area contributed by atoms with Gasteiger partial charge in [-0.25, -0.2) is 0 Å². The Labute approximate surface area is 135 Å². The Kier molecular flexibility index (Phi) is 5.76. The van der Waals surface area contributed by atoms with Crippen molar-refractivity contribution in [1.82, 2.24) is 15.5 Å². The van der Waals surface area contributed by atoms with Crippen LogP contribution in [0.5, 0.6) is 5.75 Å². The number of H-pyrrole nitrogens is 1. The molecule has 1 heterocycles. The standard InChI is InChI=1S/C17H23N3O3/c1-4-11(2)15(10-21)18-17(22)14-9-13(19-20-14)12-7-5-6-8-16(12)23-3/h5-9,11,15,21H,4,10H2,1-3H3,(H,18,22)(H,19,20)/t11-,15+/m1/s1. The van der Waals surface area contributed by atoms with E-state index in [-0.39, 0.29) is 24.5 Å². The fourth-order valence-corrected chi connectivity index (χ4v) is 2.33. The van der Waals surface area contributed by atoms with Crippen LogP contribution < -0.4 is 10.1 Å². The number of nitrogens with zero attached hydrogens (tertiary/aromatic N) is 1. The number of hydrogen-bond acceptors (Lipinski definition) is 4. The van der Waals surface area contributed by atoms with E-state index in [2.05, 4.69) is 15.5 Å². The van der Waals surface area contributed by atoms with Crippen LogP contribution in [-0.2, 0) is 0 Å². The SMILES string of the molecule is CC[C@@H](C)[C@H](CO)NC(=O)c1cc(-c2ccccc2OC)n[nH]1. The molecule has 1 aromatic heterocycles. The third-order valence-electron chi connectivity index (χ3n) is 4.05. The van der Waals surface area contributed by atoms with Crippen LogP contribution in [0.1, 0.15) is 30.8 Å². The summed E-state index contributed by atoms with van der Waals surface area (Å²) in [5, 5.41) is 19.2. The topological polar surface area (TPSA) is 87.2 Å². The molecule has 0 fully saturated rings. The lowest BCUT2D eigenvalue weighted by Gasteiger charge is -2.21. The van der Waals surface area contributed by atoms with Crippen LogP contribution in [-0.4, -0.2) is 41.0 Å². The molecule has 0 aliphatic rings. The average molecular weight is 317 g/mol. The molecule has 0 bridgehead atoms. The summed E-state index contributed by atoms with van der Waals surface area (Å²) in [5.41, 5.74) is 1.80. The van der Waals surface area contributed by atoms with Crippen LogP contribution in [0.15, 0.2) is 30.3 Å². The average Bonchev–Trinajstić information content (AvgIpc) is 3.08. The number of aliphatic hydroxyl groups is 1. The minimum atomic E-state index is -0.280. The number of rotatable bonds is 7. The number of carbonyl (C=O) groups excluding carboxylic acids is 1. The number of carbonyl (C=O) groups is 1. The second kappa shape index (κ2) is 7.78. The van der Waals surface area contributed by atoms with Crippen molar-refractivity contribution in [2.45, 2.75) is 26.3 Å². The van der Waals surface area contributed by atoms with E-state index in [1.807, 2.05) is 38.1 Å². The number of aromatic amines is 1. The van der Waals surface area contributed by atoms with Gasteiger partial charge in [0.1, 0.15) is 11.4 Å². The maximum Gasteiger partial charge on any atom is 0.269 e. The predicted octanol–water partition coefficient (Wildman–Crippen LogP) is 2.22. The van der Waals surface area contributed by atoms with Crippen molar-refractivity contribution in [1.29, 1.82) is 0 Å². The Balaban J connectivity index is 2.17. The molecule has 23 heavy (non-hydrogen) atoms. The van der Waals surface area contributed by atoms with Crippen molar-refractivity contribution in [2.24, 2.45) is 5.92 Å².